The monoisotopic (exact) mass is 243 g/mol. The summed E-state index contributed by atoms with van der Waals surface area (Å²) in [5.41, 5.74) is 2.73. The summed E-state index contributed by atoms with van der Waals surface area (Å²) in [6, 6.07) is 8.95. The fourth-order valence-corrected chi connectivity index (χ4v) is 2.34. The standard InChI is InChI=1S/C15H21N3/c1-12-6-4-5-7-13(12)14(16-2)8-9-15-17-10-11-18(15)3/h4-7,10-11,14,16H,8-9H2,1-3H3. The Kier molecular flexibility index (Phi) is 4.15. The van der Waals surface area contributed by atoms with Gasteiger partial charge >= 0.3 is 0 Å². The van der Waals surface area contributed by atoms with Gasteiger partial charge in [-0.25, -0.2) is 4.98 Å². The highest BCUT2D eigenvalue weighted by Gasteiger charge is 2.12. The minimum atomic E-state index is 0.392. The molecule has 0 aliphatic carbocycles. The van der Waals surface area contributed by atoms with Crippen molar-refractivity contribution >= 4 is 0 Å². The lowest BCUT2D eigenvalue weighted by Gasteiger charge is -2.18. The van der Waals surface area contributed by atoms with Crippen molar-refractivity contribution in [1.82, 2.24) is 14.9 Å². The van der Waals surface area contributed by atoms with Crippen molar-refractivity contribution in [2.24, 2.45) is 7.05 Å². The highest BCUT2D eigenvalue weighted by molar-refractivity contribution is 5.28. The van der Waals surface area contributed by atoms with E-state index in [4.69, 9.17) is 0 Å². The van der Waals surface area contributed by atoms with Crippen LogP contribution in [0, 0.1) is 6.92 Å². The van der Waals surface area contributed by atoms with E-state index in [0.29, 0.717) is 6.04 Å². The van der Waals surface area contributed by atoms with Crippen molar-refractivity contribution < 1.29 is 0 Å². The van der Waals surface area contributed by atoms with Gasteiger partial charge in [-0.1, -0.05) is 24.3 Å². The highest BCUT2D eigenvalue weighted by atomic mass is 15.0. The predicted molar refractivity (Wildman–Crippen MR) is 74.5 cm³/mol. The van der Waals surface area contributed by atoms with Crippen LogP contribution in [0.4, 0.5) is 0 Å². The molecule has 0 spiro atoms. The van der Waals surface area contributed by atoms with Crippen molar-refractivity contribution in [3.8, 4) is 0 Å². The van der Waals surface area contributed by atoms with Crippen molar-refractivity contribution in [2.75, 3.05) is 7.05 Å². The van der Waals surface area contributed by atoms with Gasteiger partial charge in [-0.3, -0.25) is 0 Å². The normalized spacial score (nSPS) is 12.6. The van der Waals surface area contributed by atoms with Crippen molar-refractivity contribution in [1.29, 1.82) is 0 Å². The zero-order chi connectivity index (χ0) is 13.0. The Hall–Kier alpha value is -1.61. The lowest BCUT2D eigenvalue weighted by Crippen LogP contribution is -2.18. The summed E-state index contributed by atoms with van der Waals surface area (Å²) in [5.74, 6) is 1.14. The topological polar surface area (TPSA) is 29.9 Å². The number of aromatic nitrogens is 2. The molecule has 3 heteroatoms. The summed E-state index contributed by atoms with van der Waals surface area (Å²) in [5, 5.41) is 3.40. The van der Waals surface area contributed by atoms with E-state index in [9.17, 15) is 0 Å². The van der Waals surface area contributed by atoms with Gasteiger partial charge in [0.05, 0.1) is 0 Å². The van der Waals surface area contributed by atoms with Crippen LogP contribution in [0.15, 0.2) is 36.7 Å². The highest BCUT2D eigenvalue weighted by Crippen LogP contribution is 2.21. The second kappa shape index (κ2) is 5.83. The van der Waals surface area contributed by atoms with Gasteiger partial charge < -0.3 is 9.88 Å². The molecule has 2 aromatic rings. The molecule has 0 bridgehead atoms. The van der Waals surface area contributed by atoms with Gasteiger partial charge in [0.15, 0.2) is 0 Å². The molecule has 0 amide bonds. The van der Waals surface area contributed by atoms with Crippen LogP contribution in [0.5, 0.6) is 0 Å². The summed E-state index contributed by atoms with van der Waals surface area (Å²) < 4.78 is 2.09. The van der Waals surface area contributed by atoms with Gasteiger partial charge in [0.1, 0.15) is 5.82 Å². The molecule has 0 fully saturated rings. The van der Waals surface area contributed by atoms with Crippen LogP contribution in [-0.2, 0) is 13.5 Å². The van der Waals surface area contributed by atoms with E-state index >= 15 is 0 Å². The van der Waals surface area contributed by atoms with Crippen molar-refractivity contribution in [2.45, 2.75) is 25.8 Å². The molecule has 3 nitrogen and oxygen atoms in total. The summed E-state index contributed by atoms with van der Waals surface area (Å²) in [7, 11) is 4.07. The molecule has 0 saturated carbocycles. The van der Waals surface area contributed by atoms with Gasteiger partial charge in [0.2, 0.25) is 0 Å². The number of rotatable bonds is 5. The minimum Gasteiger partial charge on any atom is -0.338 e. The molecule has 0 radical (unpaired) electrons. The predicted octanol–water partition coefficient (Wildman–Crippen LogP) is 2.62. The van der Waals surface area contributed by atoms with Crippen molar-refractivity contribution in [3.63, 3.8) is 0 Å². The van der Waals surface area contributed by atoms with Crippen LogP contribution in [0.25, 0.3) is 0 Å². The van der Waals surface area contributed by atoms with E-state index < -0.39 is 0 Å². The largest absolute Gasteiger partial charge is 0.338 e. The van der Waals surface area contributed by atoms with E-state index in [-0.39, 0.29) is 0 Å². The Bertz CT molecular complexity index is 502. The Morgan fingerprint density at radius 3 is 2.72 bits per heavy atom. The van der Waals surface area contributed by atoms with Crippen LogP contribution in [0.3, 0.4) is 0 Å². The average Bonchev–Trinajstić information content (AvgIpc) is 2.78. The first-order chi connectivity index (χ1) is 8.72. The molecule has 0 aliphatic rings. The van der Waals surface area contributed by atoms with E-state index in [1.807, 2.05) is 26.5 Å². The minimum absolute atomic E-state index is 0.392. The molecule has 2 rings (SSSR count). The van der Waals surface area contributed by atoms with Gasteiger partial charge in [0, 0.05) is 31.9 Å². The Labute approximate surface area is 109 Å². The summed E-state index contributed by atoms with van der Waals surface area (Å²) >= 11 is 0. The van der Waals surface area contributed by atoms with E-state index in [1.54, 1.807) is 0 Å². The fraction of sp³-hybridized carbons (Fsp3) is 0.400. The summed E-state index contributed by atoms with van der Waals surface area (Å²) in [6.45, 7) is 2.17. The fourth-order valence-electron chi connectivity index (χ4n) is 2.34. The van der Waals surface area contributed by atoms with Gasteiger partial charge in [-0.2, -0.15) is 0 Å². The first-order valence-electron chi connectivity index (χ1n) is 6.41. The second-order valence-electron chi connectivity index (χ2n) is 4.69. The third-order valence-electron chi connectivity index (χ3n) is 3.49. The first kappa shape index (κ1) is 12.8. The van der Waals surface area contributed by atoms with E-state index in [1.165, 1.54) is 11.1 Å². The number of hydrogen-bond acceptors (Lipinski definition) is 2. The second-order valence-corrected chi connectivity index (χ2v) is 4.69. The van der Waals surface area contributed by atoms with Crippen LogP contribution in [0.2, 0.25) is 0 Å². The molecular weight excluding hydrogens is 222 g/mol. The Morgan fingerprint density at radius 2 is 2.11 bits per heavy atom. The lowest BCUT2D eigenvalue weighted by molar-refractivity contribution is 0.533. The molecule has 0 saturated heterocycles. The quantitative estimate of drug-likeness (QED) is 0.875. The summed E-state index contributed by atoms with van der Waals surface area (Å²) in [4.78, 5) is 4.37. The molecule has 0 aliphatic heterocycles. The maximum Gasteiger partial charge on any atom is 0.108 e. The number of imidazole rings is 1. The third-order valence-corrected chi connectivity index (χ3v) is 3.49. The van der Waals surface area contributed by atoms with Crippen molar-refractivity contribution in [3.05, 3.63) is 53.6 Å². The molecule has 1 aromatic carbocycles. The zero-order valence-electron chi connectivity index (χ0n) is 11.4. The Balaban J connectivity index is 2.07. The average molecular weight is 243 g/mol. The van der Waals surface area contributed by atoms with Gasteiger partial charge in [-0.05, 0) is 31.5 Å². The van der Waals surface area contributed by atoms with Crippen LogP contribution in [0.1, 0.15) is 29.4 Å². The lowest BCUT2D eigenvalue weighted by atomic mass is 9.97. The maximum atomic E-state index is 4.37. The van der Waals surface area contributed by atoms with Gasteiger partial charge in [-0.15, -0.1) is 0 Å². The van der Waals surface area contributed by atoms with Crippen LogP contribution in [-0.4, -0.2) is 16.6 Å². The Morgan fingerprint density at radius 1 is 1.33 bits per heavy atom. The molecule has 1 unspecified atom stereocenters. The smallest absolute Gasteiger partial charge is 0.108 e. The zero-order valence-corrected chi connectivity index (χ0v) is 11.4. The molecule has 1 heterocycles. The molecule has 1 aromatic heterocycles. The van der Waals surface area contributed by atoms with Gasteiger partial charge in [0.25, 0.3) is 0 Å². The molecule has 96 valence electrons. The SMILES string of the molecule is CNC(CCc1nccn1C)c1ccccc1C. The molecule has 1 N–H and O–H groups in total. The van der Waals surface area contributed by atoms with Crippen LogP contribution < -0.4 is 5.32 Å². The number of benzene rings is 1. The van der Waals surface area contributed by atoms with E-state index in [0.717, 1.165) is 18.7 Å². The summed E-state index contributed by atoms with van der Waals surface area (Å²) in [6.07, 6.45) is 5.91. The third kappa shape index (κ3) is 2.79. The first-order valence-corrected chi connectivity index (χ1v) is 6.41. The number of nitrogens with one attached hydrogen (secondary N) is 1. The maximum absolute atomic E-state index is 4.37. The number of hydrogen-bond donors (Lipinski definition) is 1. The van der Waals surface area contributed by atoms with Crippen LogP contribution >= 0.6 is 0 Å². The molecule has 1 atom stereocenters. The molecule has 18 heavy (non-hydrogen) atoms. The molecular formula is C15H21N3. The van der Waals surface area contributed by atoms with E-state index in [2.05, 4.69) is 46.1 Å². The number of aryl methyl sites for hydroxylation is 3. The number of nitrogens with zero attached hydrogens (tertiary/aromatic N) is 2.